The van der Waals surface area contributed by atoms with E-state index >= 15 is 0 Å². The molecular formula is C19H14BrNO5S. The highest BCUT2D eigenvalue weighted by Crippen LogP contribution is 2.38. The van der Waals surface area contributed by atoms with E-state index in [0.29, 0.717) is 39.8 Å². The molecule has 138 valence electrons. The Labute approximate surface area is 167 Å². The number of thiophene rings is 1. The SMILES string of the molecule is O=C(COC(=O)c1cc2ccccc2s1)Nc1cc2c(cc1Br)OCCO2. The van der Waals surface area contributed by atoms with Crippen LogP contribution < -0.4 is 14.8 Å². The first-order valence-corrected chi connectivity index (χ1v) is 9.76. The second-order valence-electron chi connectivity index (χ2n) is 5.75. The fourth-order valence-corrected chi connectivity index (χ4v) is 4.01. The summed E-state index contributed by atoms with van der Waals surface area (Å²) in [6.07, 6.45) is 0. The minimum Gasteiger partial charge on any atom is -0.486 e. The van der Waals surface area contributed by atoms with Crippen molar-refractivity contribution in [1.82, 2.24) is 0 Å². The van der Waals surface area contributed by atoms with Crippen LogP contribution in [-0.2, 0) is 9.53 Å². The number of benzene rings is 2. The summed E-state index contributed by atoms with van der Waals surface area (Å²) in [6.45, 7) is 0.557. The van der Waals surface area contributed by atoms with Crippen LogP contribution in [0.4, 0.5) is 5.69 Å². The molecule has 3 aromatic rings. The molecule has 0 atom stereocenters. The molecule has 27 heavy (non-hydrogen) atoms. The predicted molar refractivity (Wildman–Crippen MR) is 106 cm³/mol. The molecule has 4 rings (SSSR count). The first-order valence-electron chi connectivity index (χ1n) is 8.15. The summed E-state index contributed by atoms with van der Waals surface area (Å²) in [5.74, 6) is 0.207. The Morgan fingerprint density at radius 3 is 2.63 bits per heavy atom. The average molecular weight is 448 g/mol. The third-order valence-corrected chi connectivity index (χ3v) is 5.62. The van der Waals surface area contributed by atoms with Gasteiger partial charge in [-0.05, 0) is 33.4 Å². The van der Waals surface area contributed by atoms with Gasteiger partial charge in [0.1, 0.15) is 18.1 Å². The van der Waals surface area contributed by atoms with Crippen LogP contribution in [0.3, 0.4) is 0 Å². The van der Waals surface area contributed by atoms with Crippen molar-refractivity contribution >= 4 is 54.9 Å². The number of nitrogens with one attached hydrogen (secondary N) is 1. The number of ether oxygens (including phenoxy) is 3. The maximum absolute atomic E-state index is 12.2. The monoisotopic (exact) mass is 447 g/mol. The fraction of sp³-hybridized carbons (Fsp3) is 0.158. The minimum absolute atomic E-state index is 0.381. The van der Waals surface area contributed by atoms with Gasteiger partial charge in [-0.25, -0.2) is 4.79 Å². The Kier molecular flexibility index (Phi) is 5.00. The number of fused-ring (bicyclic) bond motifs is 2. The Morgan fingerprint density at radius 2 is 1.85 bits per heavy atom. The topological polar surface area (TPSA) is 73.9 Å². The standard InChI is InChI=1S/C19H14BrNO5S/c20-12-8-14-15(25-6-5-24-14)9-13(12)21-18(22)10-26-19(23)17-7-11-3-1-2-4-16(11)27-17/h1-4,7-9H,5-6,10H2,(H,21,22). The normalized spacial score (nSPS) is 12.6. The van der Waals surface area contributed by atoms with Crippen LogP contribution in [0.1, 0.15) is 9.67 Å². The Bertz CT molecular complexity index is 999. The van der Waals surface area contributed by atoms with Gasteiger partial charge in [0.2, 0.25) is 0 Å². The van der Waals surface area contributed by atoms with Crippen LogP contribution >= 0.6 is 27.3 Å². The van der Waals surface area contributed by atoms with Crippen LogP contribution in [0.2, 0.25) is 0 Å². The molecule has 0 fully saturated rings. The lowest BCUT2D eigenvalue weighted by Crippen LogP contribution is -2.21. The van der Waals surface area contributed by atoms with E-state index in [4.69, 9.17) is 14.2 Å². The summed E-state index contributed by atoms with van der Waals surface area (Å²) in [5, 5.41) is 3.67. The Balaban J connectivity index is 1.39. The highest BCUT2D eigenvalue weighted by molar-refractivity contribution is 9.10. The Hall–Kier alpha value is -2.58. The number of esters is 1. The number of rotatable bonds is 4. The van der Waals surface area contributed by atoms with E-state index in [1.165, 1.54) is 11.3 Å². The van der Waals surface area contributed by atoms with E-state index in [2.05, 4.69) is 21.2 Å². The average Bonchev–Trinajstić information content (AvgIpc) is 3.11. The van der Waals surface area contributed by atoms with Crippen molar-refractivity contribution in [3.63, 3.8) is 0 Å². The molecule has 2 aromatic carbocycles. The minimum atomic E-state index is -0.521. The lowest BCUT2D eigenvalue weighted by Gasteiger charge is -2.20. The van der Waals surface area contributed by atoms with Crippen molar-refractivity contribution in [2.45, 2.75) is 0 Å². The number of anilines is 1. The van der Waals surface area contributed by atoms with Crippen molar-refractivity contribution in [2.75, 3.05) is 25.1 Å². The molecule has 1 amide bonds. The van der Waals surface area contributed by atoms with Crippen LogP contribution in [0.15, 0.2) is 46.9 Å². The van der Waals surface area contributed by atoms with Gasteiger partial charge in [0.15, 0.2) is 18.1 Å². The molecule has 0 spiro atoms. The van der Waals surface area contributed by atoms with Gasteiger partial charge < -0.3 is 19.5 Å². The molecule has 0 aliphatic carbocycles. The molecule has 0 unspecified atom stereocenters. The highest BCUT2D eigenvalue weighted by atomic mass is 79.9. The van der Waals surface area contributed by atoms with E-state index in [0.717, 1.165) is 10.1 Å². The molecule has 8 heteroatoms. The molecule has 0 saturated carbocycles. The van der Waals surface area contributed by atoms with Crippen LogP contribution in [0.5, 0.6) is 11.5 Å². The first kappa shape index (κ1) is 17.8. The lowest BCUT2D eigenvalue weighted by molar-refractivity contribution is -0.119. The summed E-state index contributed by atoms with van der Waals surface area (Å²) < 4.78 is 17.8. The quantitative estimate of drug-likeness (QED) is 0.605. The van der Waals surface area contributed by atoms with E-state index in [-0.39, 0.29) is 6.61 Å². The summed E-state index contributed by atoms with van der Waals surface area (Å²) in [7, 11) is 0. The first-order chi connectivity index (χ1) is 13.1. The van der Waals surface area contributed by atoms with Gasteiger partial charge >= 0.3 is 5.97 Å². The summed E-state index contributed by atoms with van der Waals surface area (Å²) in [5.41, 5.74) is 0.516. The van der Waals surface area contributed by atoms with E-state index in [1.54, 1.807) is 18.2 Å². The fourth-order valence-electron chi connectivity index (χ4n) is 2.63. The zero-order valence-corrected chi connectivity index (χ0v) is 16.4. The lowest BCUT2D eigenvalue weighted by atomic mass is 10.2. The maximum Gasteiger partial charge on any atom is 0.348 e. The molecular weight excluding hydrogens is 434 g/mol. The molecule has 1 N–H and O–H groups in total. The molecule has 1 aromatic heterocycles. The van der Waals surface area contributed by atoms with Gasteiger partial charge in [-0.2, -0.15) is 0 Å². The highest BCUT2D eigenvalue weighted by Gasteiger charge is 2.17. The summed E-state index contributed by atoms with van der Waals surface area (Å²) >= 11 is 4.72. The summed E-state index contributed by atoms with van der Waals surface area (Å²) in [4.78, 5) is 24.8. The zero-order chi connectivity index (χ0) is 18.8. The van der Waals surface area contributed by atoms with Gasteiger partial charge in [0.05, 0.1) is 5.69 Å². The van der Waals surface area contributed by atoms with Crippen molar-refractivity contribution < 1.29 is 23.8 Å². The number of amides is 1. The molecule has 2 heterocycles. The number of carbonyl (C=O) groups excluding carboxylic acids is 2. The number of hydrogen-bond acceptors (Lipinski definition) is 6. The third kappa shape index (κ3) is 3.91. The molecule has 0 bridgehead atoms. The van der Waals surface area contributed by atoms with E-state index in [1.807, 2.05) is 24.3 Å². The third-order valence-electron chi connectivity index (χ3n) is 3.87. The van der Waals surface area contributed by atoms with Gasteiger partial charge in [-0.3, -0.25) is 4.79 Å². The largest absolute Gasteiger partial charge is 0.486 e. The molecule has 1 aliphatic heterocycles. The van der Waals surface area contributed by atoms with Crippen LogP contribution in [0, 0.1) is 0 Å². The number of hydrogen-bond donors (Lipinski definition) is 1. The number of halogens is 1. The van der Waals surface area contributed by atoms with Crippen molar-refractivity contribution in [3.05, 3.63) is 51.8 Å². The number of carbonyl (C=O) groups is 2. The Morgan fingerprint density at radius 1 is 1.11 bits per heavy atom. The maximum atomic E-state index is 12.2. The molecule has 6 nitrogen and oxygen atoms in total. The van der Waals surface area contributed by atoms with Gasteiger partial charge in [-0.1, -0.05) is 18.2 Å². The van der Waals surface area contributed by atoms with Crippen molar-refractivity contribution in [1.29, 1.82) is 0 Å². The molecule has 0 radical (unpaired) electrons. The van der Waals surface area contributed by atoms with E-state index in [9.17, 15) is 9.59 Å². The molecule has 1 aliphatic rings. The zero-order valence-electron chi connectivity index (χ0n) is 14.0. The smallest absolute Gasteiger partial charge is 0.348 e. The second kappa shape index (κ2) is 7.58. The van der Waals surface area contributed by atoms with Crippen LogP contribution in [-0.4, -0.2) is 31.7 Å². The second-order valence-corrected chi connectivity index (χ2v) is 7.69. The van der Waals surface area contributed by atoms with Gasteiger partial charge in [0, 0.05) is 21.3 Å². The van der Waals surface area contributed by atoms with Crippen LogP contribution in [0.25, 0.3) is 10.1 Å². The van der Waals surface area contributed by atoms with E-state index < -0.39 is 11.9 Å². The van der Waals surface area contributed by atoms with Crippen molar-refractivity contribution in [2.24, 2.45) is 0 Å². The molecule has 0 saturated heterocycles. The van der Waals surface area contributed by atoms with Gasteiger partial charge in [0.25, 0.3) is 5.91 Å². The predicted octanol–water partition coefficient (Wildman–Crippen LogP) is 4.23. The summed E-state index contributed by atoms with van der Waals surface area (Å²) in [6, 6.07) is 12.8. The van der Waals surface area contributed by atoms with Crippen molar-refractivity contribution in [3.8, 4) is 11.5 Å². The van der Waals surface area contributed by atoms with Gasteiger partial charge in [-0.15, -0.1) is 11.3 Å².